The number of non-ortho nitro benzene ring substituents is 1. The summed E-state index contributed by atoms with van der Waals surface area (Å²) in [5, 5.41) is 10.7. The van der Waals surface area contributed by atoms with Gasteiger partial charge in [-0.3, -0.25) is 14.9 Å². The molecule has 1 aromatic rings. The summed E-state index contributed by atoms with van der Waals surface area (Å²) in [6.45, 7) is 2.75. The van der Waals surface area contributed by atoms with Gasteiger partial charge in [0.1, 0.15) is 5.37 Å². The normalized spacial score (nSPS) is 26.1. The molecule has 0 spiro atoms. The van der Waals surface area contributed by atoms with Crippen molar-refractivity contribution in [1.29, 1.82) is 0 Å². The van der Waals surface area contributed by atoms with Gasteiger partial charge in [0.25, 0.3) is 5.69 Å². The van der Waals surface area contributed by atoms with Crippen LogP contribution in [0.1, 0.15) is 30.7 Å². The number of hydrogen-bond donors (Lipinski definition) is 0. The van der Waals surface area contributed by atoms with E-state index in [1.54, 1.807) is 23.9 Å². The van der Waals surface area contributed by atoms with E-state index < -0.39 is 4.92 Å². The number of thioether (sulfide) groups is 1. The van der Waals surface area contributed by atoms with Gasteiger partial charge in [-0.2, -0.15) is 0 Å². The highest BCUT2D eigenvalue weighted by Gasteiger charge is 2.41. The molecular weight excluding hydrogens is 276 g/mol. The fourth-order valence-corrected chi connectivity index (χ4v) is 3.75. The Kier molecular flexibility index (Phi) is 3.41. The van der Waals surface area contributed by atoms with Gasteiger partial charge >= 0.3 is 0 Å². The zero-order chi connectivity index (χ0) is 14.3. The fourth-order valence-electron chi connectivity index (χ4n) is 2.46. The van der Waals surface area contributed by atoms with Gasteiger partial charge in [-0.15, -0.1) is 11.8 Å². The number of carbonyl (C=O) groups is 1. The predicted molar refractivity (Wildman–Crippen MR) is 77.3 cm³/mol. The van der Waals surface area contributed by atoms with Crippen LogP contribution >= 0.6 is 11.8 Å². The Balaban J connectivity index is 1.82. The van der Waals surface area contributed by atoms with Gasteiger partial charge < -0.3 is 4.90 Å². The molecule has 0 bridgehead atoms. The van der Waals surface area contributed by atoms with Gasteiger partial charge in [-0.05, 0) is 43.4 Å². The Morgan fingerprint density at radius 3 is 2.55 bits per heavy atom. The molecule has 2 fully saturated rings. The van der Waals surface area contributed by atoms with Crippen molar-refractivity contribution < 1.29 is 9.72 Å². The molecule has 0 aromatic heterocycles. The molecule has 1 saturated heterocycles. The number of amides is 1. The first-order valence-electron chi connectivity index (χ1n) is 6.76. The lowest BCUT2D eigenvalue weighted by Gasteiger charge is -2.24. The molecule has 1 aromatic carbocycles. The highest BCUT2D eigenvalue weighted by molar-refractivity contribution is 8.01. The summed E-state index contributed by atoms with van der Waals surface area (Å²) in [5.41, 5.74) is 1.06. The first-order valence-corrected chi connectivity index (χ1v) is 7.71. The number of nitro groups is 1. The molecule has 5 nitrogen and oxygen atoms in total. The summed E-state index contributed by atoms with van der Waals surface area (Å²) in [5.74, 6) is 0.829. The number of hydrogen-bond acceptors (Lipinski definition) is 4. The minimum atomic E-state index is -0.401. The Morgan fingerprint density at radius 2 is 2.00 bits per heavy atom. The van der Waals surface area contributed by atoms with Crippen molar-refractivity contribution >= 4 is 23.4 Å². The molecule has 3 rings (SSSR count). The third-order valence-corrected chi connectivity index (χ3v) is 5.18. The number of nitrogens with zero attached hydrogens (tertiary/aromatic N) is 2. The zero-order valence-electron chi connectivity index (χ0n) is 11.2. The Morgan fingerprint density at radius 1 is 1.35 bits per heavy atom. The summed E-state index contributed by atoms with van der Waals surface area (Å²) in [6.07, 6.45) is 2.41. The second-order valence-electron chi connectivity index (χ2n) is 5.41. The molecule has 0 radical (unpaired) electrons. The SMILES string of the molecule is C[C@H]1S[C@H](c2ccc([N+](=O)[O-])cc2)N(CC2CC2)C1=O. The monoisotopic (exact) mass is 292 g/mol. The van der Waals surface area contributed by atoms with Crippen LogP contribution in [0, 0.1) is 16.0 Å². The van der Waals surface area contributed by atoms with Gasteiger partial charge in [-0.1, -0.05) is 0 Å². The summed E-state index contributed by atoms with van der Waals surface area (Å²) in [4.78, 5) is 24.5. The van der Waals surface area contributed by atoms with Gasteiger partial charge in [-0.25, -0.2) is 0 Å². The Hall–Kier alpha value is -1.56. The lowest BCUT2D eigenvalue weighted by Crippen LogP contribution is -2.32. The molecule has 0 unspecified atom stereocenters. The van der Waals surface area contributed by atoms with E-state index in [1.165, 1.54) is 25.0 Å². The molecule has 1 saturated carbocycles. The van der Waals surface area contributed by atoms with Crippen LogP contribution in [0.2, 0.25) is 0 Å². The molecule has 1 heterocycles. The number of benzene rings is 1. The fraction of sp³-hybridized carbons (Fsp3) is 0.500. The Labute approximate surface area is 121 Å². The molecule has 0 N–H and O–H groups in total. The van der Waals surface area contributed by atoms with Crippen LogP contribution in [0.15, 0.2) is 24.3 Å². The maximum absolute atomic E-state index is 12.2. The van der Waals surface area contributed by atoms with Crippen LogP contribution in [-0.4, -0.2) is 27.5 Å². The summed E-state index contributed by atoms with van der Waals surface area (Å²) in [6, 6.07) is 6.55. The standard InChI is InChI=1S/C14H16N2O3S/c1-9-13(17)15(8-10-2-3-10)14(20-9)11-4-6-12(7-5-11)16(18)19/h4-7,9-10,14H,2-3,8H2,1H3/t9-,14-/m1/s1. The molecule has 1 aliphatic heterocycles. The number of carbonyl (C=O) groups excluding carboxylic acids is 1. The highest BCUT2D eigenvalue weighted by atomic mass is 32.2. The Bertz CT molecular complexity index is 542. The van der Waals surface area contributed by atoms with Crippen LogP contribution in [-0.2, 0) is 4.79 Å². The topological polar surface area (TPSA) is 63.5 Å². The van der Waals surface area contributed by atoms with Crippen LogP contribution in [0.25, 0.3) is 0 Å². The number of rotatable bonds is 4. The van der Waals surface area contributed by atoms with E-state index in [4.69, 9.17) is 0 Å². The van der Waals surface area contributed by atoms with Crippen molar-refractivity contribution in [1.82, 2.24) is 4.90 Å². The number of nitro benzene ring substituents is 1. The van der Waals surface area contributed by atoms with Crippen LogP contribution in [0.3, 0.4) is 0 Å². The first-order chi connectivity index (χ1) is 9.56. The van der Waals surface area contributed by atoms with E-state index in [2.05, 4.69) is 0 Å². The smallest absolute Gasteiger partial charge is 0.269 e. The van der Waals surface area contributed by atoms with Gasteiger partial charge in [0, 0.05) is 18.7 Å². The molecule has 2 aliphatic rings. The maximum Gasteiger partial charge on any atom is 0.269 e. The molecule has 6 heteroatoms. The average Bonchev–Trinajstić information content (AvgIpc) is 3.21. The van der Waals surface area contributed by atoms with E-state index in [1.807, 2.05) is 11.8 Å². The van der Waals surface area contributed by atoms with Crippen LogP contribution < -0.4 is 0 Å². The van der Waals surface area contributed by atoms with E-state index in [-0.39, 0.29) is 22.2 Å². The lowest BCUT2D eigenvalue weighted by atomic mass is 10.1. The third kappa shape index (κ3) is 2.52. The predicted octanol–water partition coefficient (Wildman–Crippen LogP) is 2.97. The van der Waals surface area contributed by atoms with Gasteiger partial charge in [0.2, 0.25) is 5.91 Å². The quantitative estimate of drug-likeness (QED) is 0.632. The average molecular weight is 292 g/mol. The molecule has 2 atom stereocenters. The highest BCUT2D eigenvalue weighted by Crippen LogP contribution is 2.45. The second kappa shape index (κ2) is 5.09. The van der Waals surface area contributed by atoms with Crippen molar-refractivity contribution in [2.45, 2.75) is 30.4 Å². The van der Waals surface area contributed by atoms with Crippen LogP contribution in [0.4, 0.5) is 5.69 Å². The minimum Gasteiger partial charge on any atom is -0.325 e. The van der Waals surface area contributed by atoms with Gasteiger partial charge in [0.15, 0.2) is 0 Å². The third-order valence-electron chi connectivity index (χ3n) is 3.79. The zero-order valence-corrected chi connectivity index (χ0v) is 12.0. The second-order valence-corrected chi connectivity index (χ2v) is 6.84. The van der Waals surface area contributed by atoms with Crippen molar-refractivity contribution in [3.05, 3.63) is 39.9 Å². The van der Waals surface area contributed by atoms with E-state index in [9.17, 15) is 14.9 Å². The molecule has 106 valence electrons. The lowest BCUT2D eigenvalue weighted by molar-refractivity contribution is -0.384. The van der Waals surface area contributed by atoms with E-state index in [0.29, 0.717) is 5.92 Å². The molecule has 1 aliphatic carbocycles. The van der Waals surface area contributed by atoms with Crippen molar-refractivity contribution in [3.8, 4) is 0 Å². The van der Waals surface area contributed by atoms with Crippen LogP contribution in [0.5, 0.6) is 0 Å². The summed E-state index contributed by atoms with van der Waals surface area (Å²) >= 11 is 1.63. The summed E-state index contributed by atoms with van der Waals surface area (Å²) in [7, 11) is 0. The van der Waals surface area contributed by atoms with Crippen molar-refractivity contribution in [3.63, 3.8) is 0 Å². The van der Waals surface area contributed by atoms with Crippen molar-refractivity contribution in [2.24, 2.45) is 5.92 Å². The van der Waals surface area contributed by atoms with E-state index in [0.717, 1.165) is 12.1 Å². The maximum atomic E-state index is 12.2. The molecular formula is C14H16N2O3S. The molecule has 1 amide bonds. The van der Waals surface area contributed by atoms with E-state index >= 15 is 0 Å². The minimum absolute atomic E-state index is 0.00101. The van der Waals surface area contributed by atoms with Gasteiger partial charge in [0.05, 0.1) is 10.2 Å². The first kappa shape index (κ1) is 13.4. The largest absolute Gasteiger partial charge is 0.325 e. The molecule has 20 heavy (non-hydrogen) atoms. The summed E-state index contributed by atoms with van der Waals surface area (Å²) < 4.78 is 0. The van der Waals surface area contributed by atoms with Crippen molar-refractivity contribution in [2.75, 3.05) is 6.54 Å².